The molecule has 0 aromatic heterocycles. The number of amidine groups is 1. The number of nitrogens with two attached hydrogens (primary N) is 1. The van der Waals surface area contributed by atoms with Crippen molar-refractivity contribution in [2.24, 2.45) is 10.7 Å². The van der Waals surface area contributed by atoms with Gasteiger partial charge in [-0.15, -0.1) is 0 Å². The van der Waals surface area contributed by atoms with E-state index in [2.05, 4.69) is 10.3 Å². The third-order valence-electron chi connectivity index (χ3n) is 4.30. The largest absolute Gasteiger partial charge is 0.463 e. The van der Waals surface area contributed by atoms with E-state index in [0.717, 1.165) is 24.1 Å². The minimum atomic E-state index is -0.637. The Morgan fingerprint density at radius 1 is 1.27 bits per heavy atom. The predicted molar refractivity (Wildman–Crippen MR) is 101 cm³/mol. The summed E-state index contributed by atoms with van der Waals surface area (Å²) in [6.45, 7) is 0.553. The van der Waals surface area contributed by atoms with Gasteiger partial charge in [0.15, 0.2) is 6.10 Å². The van der Waals surface area contributed by atoms with Gasteiger partial charge in [0, 0.05) is 12.8 Å². The predicted octanol–water partition coefficient (Wildman–Crippen LogP) is 2.66. The van der Waals surface area contributed by atoms with Gasteiger partial charge in [0.25, 0.3) is 11.9 Å². The van der Waals surface area contributed by atoms with Gasteiger partial charge in [-0.1, -0.05) is 42.5 Å². The summed E-state index contributed by atoms with van der Waals surface area (Å²) in [6.07, 6.45) is 1.12. The van der Waals surface area contributed by atoms with Crippen LogP contribution in [-0.4, -0.2) is 31.7 Å². The van der Waals surface area contributed by atoms with Gasteiger partial charge < -0.3 is 20.5 Å². The highest BCUT2D eigenvalue weighted by atomic mass is 16.5. The van der Waals surface area contributed by atoms with Crippen LogP contribution in [0.1, 0.15) is 23.7 Å². The van der Waals surface area contributed by atoms with Gasteiger partial charge in [-0.2, -0.15) is 0 Å². The molecule has 0 fully saturated rings. The van der Waals surface area contributed by atoms with Gasteiger partial charge in [0.05, 0.1) is 6.04 Å². The maximum atomic E-state index is 12.5. The highest BCUT2D eigenvalue weighted by Crippen LogP contribution is 2.20. The highest BCUT2D eigenvalue weighted by Gasteiger charge is 2.20. The van der Waals surface area contributed by atoms with E-state index in [0.29, 0.717) is 6.61 Å². The molecule has 2 aromatic carbocycles. The lowest BCUT2D eigenvalue weighted by Gasteiger charge is -2.16. The Morgan fingerprint density at radius 2 is 2.00 bits per heavy atom. The van der Waals surface area contributed by atoms with Crippen LogP contribution < -0.4 is 11.1 Å². The van der Waals surface area contributed by atoms with Crippen molar-refractivity contribution in [3.05, 3.63) is 65.7 Å². The van der Waals surface area contributed by atoms with Gasteiger partial charge in [-0.3, -0.25) is 4.79 Å². The van der Waals surface area contributed by atoms with Crippen LogP contribution in [-0.2, 0) is 20.7 Å². The third-order valence-corrected chi connectivity index (χ3v) is 4.30. The van der Waals surface area contributed by atoms with Gasteiger partial charge >= 0.3 is 0 Å². The lowest BCUT2D eigenvalue weighted by molar-refractivity contribution is -0.126. The summed E-state index contributed by atoms with van der Waals surface area (Å²) in [6, 6.07) is 17.6. The molecule has 0 bridgehead atoms. The Balaban J connectivity index is 1.55. The third kappa shape index (κ3) is 4.61. The number of nitrogens with one attached hydrogen (secondary N) is 1. The minimum Gasteiger partial charge on any atom is -0.463 e. The van der Waals surface area contributed by atoms with Gasteiger partial charge in [0.2, 0.25) is 0 Å². The number of hydrogen-bond donors (Lipinski definition) is 2. The summed E-state index contributed by atoms with van der Waals surface area (Å²) in [5.74, 6) is -0.195. The Morgan fingerprint density at radius 3 is 2.62 bits per heavy atom. The summed E-state index contributed by atoms with van der Waals surface area (Å²) in [7, 11) is 1.53. The second-order valence-corrected chi connectivity index (χ2v) is 6.18. The Bertz CT molecular complexity index is 760. The van der Waals surface area contributed by atoms with Crippen molar-refractivity contribution in [2.45, 2.75) is 25.0 Å². The van der Waals surface area contributed by atoms with E-state index in [1.165, 1.54) is 12.7 Å². The lowest BCUT2D eigenvalue weighted by Crippen LogP contribution is -2.22. The monoisotopic (exact) mass is 353 g/mol. The molecule has 1 amide bonds. The molecule has 0 spiro atoms. The van der Waals surface area contributed by atoms with E-state index < -0.39 is 6.10 Å². The van der Waals surface area contributed by atoms with Gasteiger partial charge in [-0.05, 0) is 36.1 Å². The molecule has 1 aliphatic rings. The standard InChI is InChI=1S/C20H23N3O3/c1-25-18(15-5-3-2-4-6-15)19(24)22-16-10-7-14(8-11-16)9-12-17-13-26-20(21)23-17/h2-8,10-11,17-18H,9,12-13H2,1H3,(H2,21,23)(H,22,24)/t17-,18+/m0/s1. The van der Waals surface area contributed by atoms with E-state index in [1.807, 2.05) is 54.6 Å². The molecular weight excluding hydrogens is 330 g/mol. The SMILES string of the molecule is CO[C@@H](C(=O)Nc1ccc(CC[C@H]2COC(N)=N2)cc1)c1ccccc1. The van der Waals surface area contributed by atoms with E-state index >= 15 is 0 Å². The molecule has 136 valence electrons. The first-order valence-corrected chi connectivity index (χ1v) is 8.59. The van der Waals surface area contributed by atoms with E-state index in [4.69, 9.17) is 15.2 Å². The number of nitrogens with zero attached hydrogens (tertiary/aromatic N) is 1. The number of rotatable bonds is 7. The number of aryl methyl sites for hydroxylation is 1. The Kier molecular flexibility index (Phi) is 5.86. The second-order valence-electron chi connectivity index (χ2n) is 6.18. The molecule has 6 heteroatoms. The van der Waals surface area contributed by atoms with Crippen LogP contribution in [0.5, 0.6) is 0 Å². The molecular formula is C20H23N3O3. The molecule has 0 saturated heterocycles. The van der Waals surface area contributed by atoms with Crippen LogP contribution in [0, 0.1) is 0 Å². The smallest absolute Gasteiger partial charge is 0.282 e. The molecule has 26 heavy (non-hydrogen) atoms. The van der Waals surface area contributed by atoms with Crippen molar-refractivity contribution in [1.29, 1.82) is 0 Å². The first kappa shape index (κ1) is 17.9. The fraction of sp³-hybridized carbons (Fsp3) is 0.300. The number of benzene rings is 2. The van der Waals surface area contributed by atoms with E-state index in [1.54, 1.807) is 0 Å². The van der Waals surface area contributed by atoms with Crippen LogP contribution in [0.15, 0.2) is 59.6 Å². The van der Waals surface area contributed by atoms with Crippen LogP contribution in [0.2, 0.25) is 0 Å². The number of methoxy groups -OCH3 is 1. The van der Waals surface area contributed by atoms with E-state index in [9.17, 15) is 4.79 Å². The molecule has 1 heterocycles. The van der Waals surface area contributed by atoms with Gasteiger partial charge in [-0.25, -0.2) is 4.99 Å². The zero-order valence-electron chi connectivity index (χ0n) is 14.7. The Labute approximate surface area is 153 Å². The van der Waals surface area contributed by atoms with Crippen LogP contribution in [0.4, 0.5) is 5.69 Å². The maximum absolute atomic E-state index is 12.5. The van der Waals surface area contributed by atoms with Crippen LogP contribution in [0.3, 0.4) is 0 Å². The number of ether oxygens (including phenoxy) is 2. The van der Waals surface area contributed by atoms with Crippen molar-refractivity contribution in [1.82, 2.24) is 0 Å². The molecule has 0 radical (unpaired) electrons. The zero-order valence-corrected chi connectivity index (χ0v) is 14.7. The molecule has 2 atom stereocenters. The molecule has 6 nitrogen and oxygen atoms in total. The number of anilines is 1. The fourth-order valence-electron chi connectivity index (χ4n) is 2.90. The van der Waals surface area contributed by atoms with Crippen molar-refractivity contribution < 1.29 is 14.3 Å². The minimum absolute atomic E-state index is 0.128. The second kappa shape index (κ2) is 8.49. The van der Waals surface area contributed by atoms with Crippen molar-refractivity contribution in [3.63, 3.8) is 0 Å². The number of amides is 1. The first-order valence-electron chi connectivity index (χ1n) is 8.59. The fourth-order valence-corrected chi connectivity index (χ4v) is 2.90. The topological polar surface area (TPSA) is 85.9 Å². The number of aliphatic imine (C=N–C) groups is 1. The normalized spacial score (nSPS) is 17.3. The van der Waals surface area contributed by atoms with Gasteiger partial charge in [0.1, 0.15) is 6.61 Å². The zero-order chi connectivity index (χ0) is 18.4. The summed E-state index contributed by atoms with van der Waals surface area (Å²) < 4.78 is 10.5. The molecule has 2 aromatic rings. The highest BCUT2D eigenvalue weighted by molar-refractivity contribution is 5.94. The molecule has 3 rings (SSSR count). The molecule has 0 unspecified atom stereocenters. The quantitative estimate of drug-likeness (QED) is 0.801. The number of carbonyl (C=O) groups excluding carboxylic acids is 1. The van der Waals surface area contributed by atoms with Crippen molar-refractivity contribution in [3.8, 4) is 0 Å². The van der Waals surface area contributed by atoms with Crippen molar-refractivity contribution in [2.75, 3.05) is 19.0 Å². The van der Waals surface area contributed by atoms with E-state index in [-0.39, 0.29) is 18.0 Å². The van der Waals surface area contributed by atoms with Crippen molar-refractivity contribution >= 4 is 17.6 Å². The molecule has 0 saturated carbocycles. The summed E-state index contributed by atoms with van der Waals surface area (Å²) in [4.78, 5) is 16.7. The first-order chi connectivity index (χ1) is 12.7. The lowest BCUT2D eigenvalue weighted by atomic mass is 10.1. The molecule has 0 aliphatic carbocycles. The molecule has 3 N–H and O–H groups in total. The number of hydrogen-bond acceptors (Lipinski definition) is 5. The number of carbonyl (C=O) groups is 1. The average molecular weight is 353 g/mol. The maximum Gasteiger partial charge on any atom is 0.282 e. The summed E-state index contributed by atoms with van der Waals surface area (Å²) in [5, 5.41) is 2.90. The Hall–Kier alpha value is -2.86. The van der Waals surface area contributed by atoms with Crippen LogP contribution >= 0.6 is 0 Å². The summed E-state index contributed by atoms with van der Waals surface area (Å²) >= 11 is 0. The summed E-state index contributed by atoms with van der Waals surface area (Å²) in [5.41, 5.74) is 8.25. The average Bonchev–Trinajstić information content (AvgIpc) is 3.08. The molecule has 1 aliphatic heterocycles. The van der Waals surface area contributed by atoms with Crippen LogP contribution in [0.25, 0.3) is 0 Å².